The monoisotopic (exact) mass is 378 g/mol. The van der Waals surface area contributed by atoms with Crippen molar-refractivity contribution in [3.8, 4) is 0 Å². The van der Waals surface area contributed by atoms with Gasteiger partial charge in [0.25, 0.3) is 0 Å². The summed E-state index contributed by atoms with van der Waals surface area (Å²) in [5, 5.41) is 2.46. The summed E-state index contributed by atoms with van der Waals surface area (Å²) >= 11 is 0. The molecule has 0 bridgehead atoms. The van der Waals surface area contributed by atoms with Crippen molar-refractivity contribution >= 4 is 6.09 Å². The standard InChI is InChI=1S/C9H17NO2.C9H19N.C3H8.FH.H2/c1-7-3-5-8(6-4-7)12-9(11)10-2;1-4-10-6-5-8(2)9(3)7-10;1-3-2;;/h7-8H,3-6H2,1-2H3,(H,10,11);8-9H,4-7H2,1-3H3;3H2,1-2H3;2*1H/t;8-,9+;;;/m.0.../s1. The van der Waals surface area contributed by atoms with Crippen molar-refractivity contribution in [3.63, 3.8) is 0 Å². The Morgan fingerprint density at radius 3 is 2.00 bits per heavy atom. The van der Waals surface area contributed by atoms with E-state index in [1.165, 1.54) is 45.3 Å². The van der Waals surface area contributed by atoms with Gasteiger partial charge in [0.2, 0.25) is 0 Å². The first kappa shape index (κ1) is 27.4. The number of amides is 1. The predicted molar refractivity (Wildman–Crippen MR) is 113 cm³/mol. The fourth-order valence-corrected chi connectivity index (χ4v) is 3.19. The Morgan fingerprint density at radius 2 is 1.58 bits per heavy atom. The van der Waals surface area contributed by atoms with Gasteiger partial charge in [-0.2, -0.15) is 0 Å². The quantitative estimate of drug-likeness (QED) is 0.668. The van der Waals surface area contributed by atoms with E-state index in [0.717, 1.165) is 30.6 Å². The first-order valence-electron chi connectivity index (χ1n) is 10.5. The second-order valence-electron chi connectivity index (χ2n) is 7.88. The van der Waals surface area contributed by atoms with Gasteiger partial charge in [-0.3, -0.25) is 4.70 Å². The highest BCUT2D eigenvalue weighted by Gasteiger charge is 2.21. The van der Waals surface area contributed by atoms with Gasteiger partial charge in [-0.25, -0.2) is 4.79 Å². The fourth-order valence-electron chi connectivity index (χ4n) is 3.19. The molecule has 2 atom stereocenters. The van der Waals surface area contributed by atoms with Gasteiger partial charge in [0.15, 0.2) is 0 Å². The van der Waals surface area contributed by atoms with Gasteiger partial charge in [-0.15, -0.1) is 0 Å². The summed E-state index contributed by atoms with van der Waals surface area (Å²) in [6, 6.07) is 0. The van der Waals surface area contributed by atoms with Crippen molar-refractivity contribution in [3.05, 3.63) is 0 Å². The number of rotatable bonds is 2. The molecule has 1 amide bonds. The molecular formula is C21H47FN2O2. The molecule has 2 fully saturated rings. The Balaban J connectivity index is -0.000000353. The second kappa shape index (κ2) is 16.3. The Labute approximate surface area is 163 Å². The second-order valence-corrected chi connectivity index (χ2v) is 7.88. The molecule has 1 N–H and O–H groups in total. The van der Waals surface area contributed by atoms with Crippen LogP contribution in [0.25, 0.3) is 0 Å². The number of halogens is 1. The summed E-state index contributed by atoms with van der Waals surface area (Å²) in [5.41, 5.74) is 0. The molecule has 1 saturated carbocycles. The van der Waals surface area contributed by atoms with E-state index < -0.39 is 0 Å². The van der Waals surface area contributed by atoms with Gasteiger partial charge in [-0.1, -0.05) is 48.0 Å². The number of nitrogens with zero attached hydrogens (tertiary/aromatic N) is 1. The van der Waals surface area contributed by atoms with Crippen LogP contribution in [-0.4, -0.2) is 43.8 Å². The minimum Gasteiger partial charge on any atom is -0.446 e. The summed E-state index contributed by atoms with van der Waals surface area (Å²) in [7, 11) is 1.59. The molecule has 0 aromatic heterocycles. The minimum absolute atomic E-state index is 0. The number of carbonyl (C=O) groups excluding carboxylic acids is 1. The number of alkyl carbamates (subject to hydrolysis) is 1. The van der Waals surface area contributed by atoms with Crippen LogP contribution in [-0.2, 0) is 4.74 Å². The number of likely N-dealkylation sites (tertiary alicyclic amines) is 1. The maximum Gasteiger partial charge on any atom is 0.407 e. The SMILES string of the molecule is CCC.CCN1CC[C@H](C)[C@H](C)C1.CNC(=O)OC1CCC(C)CC1.F.[HH]. The van der Waals surface area contributed by atoms with E-state index in [2.05, 4.69) is 51.8 Å². The minimum atomic E-state index is -0.297. The molecule has 0 aromatic rings. The van der Waals surface area contributed by atoms with Crippen LogP contribution in [0.15, 0.2) is 0 Å². The van der Waals surface area contributed by atoms with Crippen molar-refractivity contribution in [2.24, 2.45) is 17.8 Å². The number of carbonyl (C=O) groups is 1. The van der Waals surface area contributed by atoms with E-state index in [9.17, 15) is 4.79 Å². The lowest BCUT2D eigenvalue weighted by Gasteiger charge is -2.34. The zero-order valence-corrected chi connectivity index (χ0v) is 18.3. The van der Waals surface area contributed by atoms with Crippen LogP contribution in [0.3, 0.4) is 0 Å². The number of ether oxygens (including phenoxy) is 1. The summed E-state index contributed by atoms with van der Waals surface area (Å²) in [6.45, 7) is 17.4. The average Bonchev–Trinajstić information content (AvgIpc) is 2.60. The number of hydrogen-bond acceptors (Lipinski definition) is 3. The van der Waals surface area contributed by atoms with Crippen molar-refractivity contribution in [2.45, 2.75) is 86.2 Å². The topological polar surface area (TPSA) is 41.6 Å². The molecule has 2 rings (SSSR count). The van der Waals surface area contributed by atoms with Crippen LogP contribution in [0.2, 0.25) is 0 Å². The first-order chi connectivity index (χ1) is 11.9. The van der Waals surface area contributed by atoms with Gasteiger partial charge < -0.3 is 15.0 Å². The third kappa shape index (κ3) is 12.5. The Bertz CT molecular complexity index is 340. The molecule has 1 heterocycles. The van der Waals surface area contributed by atoms with Crippen LogP contribution in [0.1, 0.15) is 81.5 Å². The number of hydrogen-bond donors (Lipinski definition) is 1. The van der Waals surface area contributed by atoms with E-state index in [4.69, 9.17) is 4.74 Å². The smallest absolute Gasteiger partial charge is 0.407 e. The molecule has 1 aliphatic carbocycles. The van der Waals surface area contributed by atoms with E-state index in [-0.39, 0.29) is 18.3 Å². The van der Waals surface area contributed by atoms with Crippen molar-refractivity contribution < 1.29 is 15.7 Å². The van der Waals surface area contributed by atoms with Gasteiger partial charge in [0.1, 0.15) is 6.10 Å². The highest BCUT2D eigenvalue weighted by molar-refractivity contribution is 5.66. The van der Waals surface area contributed by atoms with Gasteiger partial charge in [0, 0.05) is 15.0 Å². The molecule has 160 valence electrons. The Hall–Kier alpha value is -0.840. The third-order valence-electron chi connectivity index (χ3n) is 5.31. The van der Waals surface area contributed by atoms with Crippen LogP contribution in [0, 0.1) is 17.8 Å². The molecule has 2 aliphatic rings. The lowest BCUT2D eigenvalue weighted by molar-refractivity contribution is 0.0677. The molecule has 0 aromatic carbocycles. The average molecular weight is 379 g/mol. The van der Waals surface area contributed by atoms with Crippen LogP contribution >= 0.6 is 0 Å². The lowest BCUT2D eigenvalue weighted by Crippen LogP contribution is -2.37. The molecule has 1 saturated heterocycles. The van der Waals surface area contributed by atoms with Gasteiger partial charge >= 0.3 is 6.09 Å². The number of nitrogens with one attached hydrogen (secondary N) is 1. The highest BCUT2D eigenvalue weighted by atomic mass is 19.0. The largest absolute Gasteiger partial charge is 0.446 e. The fraction of sp³-hybridized carbons (Fsp3) is 0.952. The van der Waals surface area contributed by atoms with Crippen LogP contribution in [0.4, 0.5) is 9.50 Å². The van der Waals surface area contributed by atoms with Crippen LogP contribution in [0.5, 0.6) is 0 Å². The number of piperidine rings is 1. The maximum atomic E-state index is 10.8. The molecule has 0 spiro atoms. The molecular weight excluding hydrogens is 331 g/mol. The van der Waals surface area contributed by atoms with Crippen molar-refractivity contribution in [1.82, 2.24) is 10.2 Å². The van der Waals surface area contributed by atoms with Crippen molar-refractivity contribution in [1.29, 1.82) is 0 Å². The van der Waals surface area contributed by atoms with Crippen LogP contribution < -0.4 is 5.32 Å². The lowest BCUT2D eigenvalue weighted by atomic mass is 9.89. The normalized spacial score (nSPS) is 28.3. The summed E-state index contributed by atoms with van der Waals surface area (Å²) in [6.07, 6.45) is 6.91. The Morgan fingerprint density at radius 1 is 1.04 bits per heavy atom. The van der Waals surface area contributed by atoms with E-state index in [1.54, 1.807) is 7.05 Å². The molecule has 26 heavy (non-hydrogen) atoms. The third-order valence-corrected chi connectivity index (χ3v) is 5.31. The zero-order valence-electron chi connectivity index (χ0n) is 18.3. The molecule has 4 nitrogen and oxygen atoms in total. The van der Waals surface area contributed by atoms with E-state index in [1.807, 2.05) is 0 Å². The first-order valence-corrected chi connectivity index (χ1v) is 10.5. The van der Waals surface area contributed by atoms with E-state index in [0.29, 0.717) is 0 Å². The Kier molecular flexibility index (Phi) is 17.2. The summed E-state index contributed by atoms with van der Waals surface area (Å²) in [5.74, 6) is 2.66. The molecule has 5 heteroatoms. The summed E-state index contributed by atoms with van der Waals surface area (Å²) in [4.78, 5) is 13.4. The summed E-state index contributed by atoms with van der Waals surface area (Å²) < 4.78 is 5.14. The predicted octanol–water partition coefficient (Wildman–Crippen LogP) is 5.72. The van der Waals surface area contributed by atoms with Gasteiger partial charge in [-0.05, 0) is 62.9 Å². The van der Waals surface area contributed by atoms with E-state index >= 15 is 0 Å². The maximum absolute atomic E-state index is 10.8. The molecule has 0 unspecified atom stereocenters. The van der Waals surface area contributed by atoms with Crippen molar-refractivity contribution in [2.75, 3.05) is 26.7 Å². The highest BCUT2D eigenvalue weighted by Crippen LogP contribution is 2.25. The molecule has 0 radical (unpaired) electrons. The zero-order chi connectivity index (χ0) is 19.2. The molecule has 1 aliphatic heterocycles. The van der Waals surface area contributed by atoms with Gasteiger partial charge in [0.05, 0.1) is 0 Å².